The van der Waals surface area contributed by atoms with Crippen molar-refractivity contribution in [3.05, 3.63) is 0 Å². The molecule has 0 bridgehead atoms. The summed E-state index contributed by atoms with van der Waals surface area (Å²) < 4.78 is 24.0. The third kappa shape index (κ3) is 41.4. The van der Waals surface area contributed by atoms with E-state index in [1.54, 1.807) is 118 Å². The van der Waals surface area contributed by atoms with Crippen LogP contribution in [-0.4, -0.2) is 136 Å². The molecule has 0 heterocycles. The fourth-order valence-electron chi connectivity index (χ4n) is 2.06. The number of aliphatic hydroxyl groups excluding tert-OH is 2. The third-order valence-corrected chi connectivity index (χ3v) is 25.7. The van der Waals surface area contributed by atoms with Crippen LogP contribution in [0.5, 0.6) is 0 Å². The van der Waals surface area contributed by atoms with Crippen LogP contribution >= 0.6 is 176 Å². The molecule has 0 aromatic rings. The van der Waals surface area contributed by atoms with Crippen LogP contribution in [0, 0.1) is 0 Å². The molecule has 0 aliphatic rings. The zero-order chi connectivity index (χ0) is 33.1. The Balaban J connectivity index is 3.35. The molecule has 2 atom stereocenters. The molecule has 0 radical (unpaired) electrons. The highest BCUT2D eigenvalue weighted by molar-refractivity contribution is 8.31. The lowest BCUT2D eigenvalue weighted by molar-refractivity contribution is -0.109. The Kier molecular flexibility index (Phi) is 46.0. The second-order valence-corrected chi connectivity index (χ2v) is 29.9. The van der Waals surface area contributed by atoms with Gasteiger partial charge in [-0.3, -0.25) is 18.0 Å². The quantitative estimate of drug-likeness (QED) is 0.0469. The highest BCUT2D eigenvalue weighted by atomic mass is 32.3. The summed E-state index contributed by atoms with van der Waals surface area (Å²) in [5, 5.41) is 27.8. The molecule has 2 unspecified atom stereocenters. The standard InChI is InChI=1S/C22H42O6S17/c23-7-33-13-38-17-42-21(25)5-31-11-36-10-30-2-4-45(28)20-41-16-37-15-39-18-43-22(26)6-32-12-35-9-29-1-3-44(27)19-40-14-34-8-24/h23-24H,1-20H2. The molecule has 23 heteroatoms. The van der Waals surface area contributed by atoms with Gasteiger partial charge in [0.05, 0.1) is 33.6 Å². The summed E-state index contributed by atoms with van der Waals surface area (Å²) in [7, 11) is -1.60. The van der Waals surface area contributed by atoms with E-state index in [1.165, 1.54) is 47.0 Å². The van der Waals surface area contributed by atoms with Crippen molar-refractivity contribution in [2.45, 2.75) is 0 Å². The second-order valence-electron chi connectivity index (χ2n) is 7.34. The van der Waals surface area contributed by atoms with E-state index >= 15 is 0 Å². The fourth-order valence-corrected chi connectivity index (χ4v) is 22.3. The van der Waals surface area contributed by atoms with Gasteiger partial charge < -0.3 is 10.2 Å². The van der Waals surface area contributed by atoms with Gasteiger partial charge in [0.2, 0.25) is 0 Å². The fraction of sp³-hybridized carbons (Fsp3) is 0.909. The molecule has 2 N–H and O–H groups in total. The molecule has 268 valence electrons. The summed E-state index contributed by atoms with van der Waals surface area (Å²) in [4.78, 5) is 23.8. The Labute approximate surface area is 339 Å². The lowest BCUT2D eigenvalue weighted by atomic mass is 10.9. The van der Waals surface area contributed by atoms with E-state index in [2.05, 4.69) is 0 Å². The van der Waals surface area contributed by atoms with Gasteiger partial charge in [0.15, 0.2) is 10.2 Å². The Morgan fingerprint density at radius 2 is 0.756 bits per heavy atom. The second kappa shape index (κ2) is 41.6. The molecular formula is C22H42O6S17. The highest BCUT2D eigenvalue weighted by Crippen LogP contribution is 2.25. The Morgan fingerprint density at radius 1 is 0.422 bits per heavy atom. The van der Waals surface area contributed by atoms with Crippen LogP contribution in [0.15, 0.2) is 0 Å². The maximum absolute atomic E-state index is 12.2. The maximum Gasteiger partial charge on any atom is 0.199 e. The zero-order valence-electron chi connectivity index (χ0n) is 24.6. The summed E-state index contributed by atoms with van der Waals surface area (Å²) in [6, 6.07) is 0. The minimum absolute atomic E-state index is 0.113. The van der Waals surface area contributed by atoms with Gasteiger partial charge in [-0.1, -0.05) is 23.5 Å². The third-order valence-electron chi connectivity index (χ3n) is 3.90. The van der Waals surface area contributed by atoms with Crippen LogP contribution in [-0.2, 0) is 31.2 Å². The average Bonchev–Trinajstić information content (AvgIpc) is 3.03. The minimum Gasteiger partial charge on any atom is -0.386 e. The first-order chi connectivity index (χ1) is 22.0. The predicted octanol–water partition coefficient (Wildman–Crippen LogP) is 7.92. The molecule has 0 saturated carbocycles. The highest BCUT2D eigenvalue weighted by Gasteiger charge is 2.06. The number of aliphatic hydroxyl groups is 2. The van der Waals surface area contributed by atoms with Gasteiger partial charge in [0.25, 0.3) is 0 Å². The molecule has 0 aromatic carbocycles. The van der Waals surface area contributed by atoms with Gasteiger partial charge in [-0.2, -0.15) is 23.5 Å². The molecule has 0 fully saturated rings. The molecule has 0 rings (SSSR count). The molecule has 0 aromatic heterocycles. The lowest BCUT2D eigenvalue weighted by Gasteiger charge is -2.05. The van der Waals surface area contributed by atoms with Crippen LogP contribution in [0.25, 0.3) is 0 Å². The molecule has 0 saturated heterocycles. The van der Waals surface area contributed by atoms with E-state index in [9.17, 15) is 18.0 Å². The first kappa shape index (κ1) is 49.8. The van der Waals surface area contributed by atoms with Crippen molar-refractivity contribution in [2.75, 3.05) is 107 Å². The van der Waals surface area contributed by atoms with Crippen molar-refractivity contribution < 1.29 is 28.2 Å². The Morgan fingerprint density at radius 3 is 1.20 bits per heavy atom. The summed E-state index contributed by atoms with van der Waals surface area (Å²) >= 11 is 24.7. The molecule has 6 nitrogen and oxygen atoms in total. The summed E-state index contributed by atoms with van der Waals surface area (Å²) in [5.41, 5.74) is 0. The van der Waals surface area contributed by atoms with Gasteiger partial charge in [-0.05, 0) is 0 Å². The first-order valence-electron chi connectivity index (χ1n) is 12.7. The SMILES string of the molecule is O=C(CSCSCSCCS(=O)CSCSCSCSC(=O)CSCSCSCCS(=O)CSCSCO)SCSCSCO. The predicted molar refractivity (Wildman–Crippen MR) is 242 cm³/mol. The largest absolute Gasteiger partial charge is 0.386 e. The van der Waals surface area contributed by atoms with E-state index in [0.717, 1.165) is 62.4 Å². The molecule has 45 heavy (non-hydrogen) atoms. The van der Waals surface area contributed by atoms with Crippen LogP contribution in [0.4, 0.5) is 0 Å². The van der Waals surface area contributed by atoms with Crippen molar-refractivity contribution in [3.63, 3.8) is 0 Å². The average molecular weight is 948 g/mol. The van der Waals surface area contributed by atoms with Crippen molar-refractivity contribution >= 4 is 208 Å². The van der Waals surface area contributed by atoms with E-state index in [4.69, 9.17) is 10.2 Å². The number of carbonyl (C=O) groups excluding carboxylic acids is 2. The number of hydrogen-bond acceptors (Lipinski definition) is 21. The van der Waals surface area contributed by atoms with Gasteiger partial charge in [0, 0.05) is 95.5 Å². The van der Waals surface area contributed by atoms with E-state index in [1.807, 2.05) is 11.8 Å². The van der Waals surface area contributed by atoms with Crippen molar-refractivity contribution in [3.8, 4) is 0 Å². The van der Waals surface area contributed by atoms with Crippen LogP contribution in [0.3, 0.4) is 0 Å². The Bertz CT molecular complexity index is 742. The monoisotopic (exact) mass is 946 g/mol. The molecule has 0 amide bonds. The van der Waals surface area contributed by atoms with Gasteiger partial charge >= 0.3 is 0 Å². The van der Waals surface area contributed by atoms with Gasteiger partial charge in [-0.25, -0.2) is 0 Å². The van der Waals surface area contributed by atoms with Crippen molar-refractivity contribution in [1.29, 1.82) is 0 Å². The van der Waals surface area contributed by atoms with Crippen molar-refractivity contribution in [1.82, 2.24) is 0 Å². The van der Waals surface area contributed by atoms with Crippen LogP contribution in [0.1, 0.15) is 0 Å². The van der Waals surface area contributed by atoms with Crippen LogP contribution in [0.2, 0.25) is 0 Å². The summed E-state index contributed by atoms with van der Waals surface area (Å²) in [5.74, 6) is 4.51. The number of rotatable bonds is 36. The topological polar surface area (TPSA) is 109 Å². The van der Waals surface area contributed by atoms with E-state index < -0.39 is 21.6 Å². The normalized spacial score (nSPS) is 12.8. The van der Waals surface area contributed by atoms with E-state index in [-0.39, 0.29) is 22.1 Å². The smallest absolute Gasteiger partial charge is 0.199 e. The Hall–Kier alpha value is 4.81. The van der Waals surface area contributed by atoms with Gasteiger partial charge in [0.1, 0.15) is 0 Å². The van der Waals surface area contributed by atoms with Gasteiger partial charge in [-0.15, -0.1) is 129 Å². The summed E-state index contributed by atoms with van der Waals surface area (Å²) in [6.45, 7) is 0. The number of carbonyl (C=O) groups is 2. The van der Waals surface area contributed by atoms with E-state index in [0.29, 0.717) is 33.2 Å². The maximum atomic E-state index is 12.2. The number of hydrogen-bond donors (Lipinski definition) is 2. The minimum atomic E-state index is -0.799. The van der Waals surface area contributed by atoms with Crippen LogP contribution < -0.4 is 0 Å². The first-order valence-corrected chi connectivity index (χ1v) is 32.7. The van der Waals surface area contributed by atoms with Crippen molar-refractivity contribution in [2.24, 2.45) is 0 Å². The lowest BCUT2D eigenvalue weighted by Crippen LogP contribution is -2.03. The molecule has 0 aliphatic carbocycles. The molecular weight excluding hydrogens is 905 g/mol. The summed E-state index contributed by atoms with van der Waals surface area (Å²) in [6.07, 6.45) is 0. The molecule has 0 spiro atoms. The molecule has 0 aliphatic heterocycles. The number of thioether (sulfide) groups is 15. The zero-order valence-corrected chi connectivity index (χ0v) is 38.5.